The Morgan fingerprint density at radius 3 is 2.32 bits per heavy atom. The number of anilines is 2. The maximum absolute atomic E-state index is 12.8. The lowest BCUT2D eigenvalue weighted by Crippen LogP contribution is -2.26. The summed E-state index contributed by atoms with van der Waals surface area (Å²) in [5.74, 6) is -0.291. The van der Waals surface area contributed by atoms with Crippen LogP contribution < -0.4 is 9.62 Å². The Labute approximate surface area is 165 Å². The van der Waals surface area contributed by atoms with Crippen LogP contribution in [0.4, 0.5) is 11.4 Å². The summed E-state index contributed by atoms with van der Waals surface area (Å²) in [6.07, 6.45) is 0. The third-order valence-corrected chi connectivity index (χ3v) is 6.31. The zero-order valence-corrected chi connectivity index (χ0v) is 16.8. The van der Waals surface area contributed by atoms with Crippen LogP contribution in [0.25, 0.3) is 0 Å². The van der Waals surface area contributed by atoms with Crippen LogP contribution >= 0.6 is 0 Å². The minimum Gasteiger partial charge on any atom is -0.322 e. The third kappa shape index (κ3) is 4.07. The van der Waals surface area contributed by atoms with Gasteiger partial charge in [0.05, 0.1) is 10.6 Å². The van der Waals surface area contributed by atoms with Crippen LogP contribution in [0.15, 0.2) is 77.7 Å². The summed E-state index contributed by atoms with van der Waals surface area (Å²) < 4.78 is 26.8. The number of nitrogens with zero attached hydrogens (tertiary/aromatic N) is 1. The fourth-order valence-electron chi connectivity index (χ4n) is 2.80. The molecule has 0 fully saturated rings. The molecule has 5 nitrogen and oxygen atoms in total. The number of carbonyl (C=O) groups excluding carboxylic acids is 1. The van der Waals surface area contributed by atoms with E-state index in [0.29, 0.717) is 11.3 Å². The molecular weight excluding hydrogens is 372 g/mol. The van der Waals surface area contributed by atoms with Crippen molar-refractivity contribution in [3.8, 4) is 0 Å². The fourth-order valence-corrected chi connectivity index (χ4v) is 4.01. The minimum atomic E-state index is -3.70. The van der Waals surface area contributed by atoms with Gasteiger partial charge in [-0.1, -0.05) is 36.4 Å². The van der Waals surface area contributed by atoms with Crippen LogP contribution in [0.5, 0.6) is 0 Å². The van der Waals surface area contributed by atoms with E-state index >= 15 is 0 Å². The van der Waals surface area contributed by atoms with E-state index < -0.39 is 10.0 Å². The lowest BCUT2D eigenvalue weighted by Gasteiger charge is -2.20. The van der Waals surface area contributed by atoms with Crippen molar-refractivity contribution in [3.05, 3.63) is 89.5 Å². The van der Waals surface area contributed by atoms with Crippen molar-refractivity contribution in [2.45, 2.75) is 18.7 Å². The number of aryl methyl sites for hydroxylation is 2. The molecule has 0 aliphatic carbocycles. The highest BCUT2D eigenvalue weighted by Gasteiger charge is 2.21. The van der Waals surface area contributed by atoms with Crippen molar-refractivity contribution in [1.82, 2.24) is 0 Å². The monoisotopic (exact) mass is 394 g/mol. The maximum Gasteiger partial charge on any atom is 0.264 e. The van der Waals surface area contributed by atoms with Gasteiger partial charge in [-0.05, 0) is 61.4 Å². The van der Waals surface area contributed by atoms with Crippen molar-refractivity contribution in [2.75, 3.05) is 16.7 Å². The van der Waals surface area contributed by atoms with Crippen LogP contribution in [0.3, 0.4) is 0 Å². The summed E-state index contributed by atoms with van der Waals surface area (Å²) >= 11 is 0. The second-order valence-electron chi connectivity index (χ2n) is 6.61. The van der Waals surface area contributed by atoms with E-state index in [1.54, 1.807) is 54.6 Å². The number of carbonyl (C=O) groups is 1. The first kappa shape index (κ1) is 19.6. The molecule has 0 atom stereocenters. The Kier molecular flexibility index (Phi) is 5.51. The van der Waals surface area contributed by atoms with Crippen LogP contribution in [0.1, 0.15) is 21.5 Å². The van der Waals surface area contributed by atoms with Crippen molar-refractivity contribution in [2.24, 2.45) is 0 Å². The standard InChI is InChI=1S/C22H22N2O3S/c1-16-12-13-17(2)21(14-16)23-22(25)18-8-7-9-19(15-18)24(3)28(26,27)20-10-5-4-6-11-20/h4-15H,1-3H3,(H,23,25). The number of hydrogen-bond acceptors (Lipinski definition) is 3. The van der Waals surface area contributed by atoms with Gasteiger partial charge in [-0.25, -0.2) is 8.42 Å². The van der Waals surface area contributed by atoms with Gasteiger partial charge in [-0.2, -0.15) is 0 Å². The first-order chi connectivity index (χ1) is 13.3. The Bertz CT molecular complexity index is 1110. The average Bonchev–Trinajstić information content (AvgIpc) is 2.71. The van der Waals surface area contributed by atoms with Crippen molar-refractivity contribution >= 4 is 27.3 Å². The fraction of sp³-hybridized carbons (Fsp3) is 0.136. The molecule has 144 valence electrons. The molecule has 1 N–H and O–H groups in total. The molecule has 0 saturated heterocycles. The van der Waals surface area contributed by atoms with Gasteiger partial charge in [0.1, 0.15) is 0 Å². The van der Waals surface area contributed by atoms with Crippen molar-refractivity contribution < 1.29 is 13.2 Å². The van der Waals surface area contributed by atoms with E-state index in [4.69, 9.17) is 0 Å². The maximum atomic E-state index is 12.8. The number of benzene rings is 3. The lowest BCUT2D eigenvalue weighted by atomic mass is 10.1. The SMILES string of the molecule is Cc1ccc(C)c(NC(=O)c2cccc(N(C)S(=O)(=O)c3ccccc3)c2)c1. The minimum absolute atomic E-state index is 0.197. The van der Waals surface area contributed by atoms with Gasteiger partial charge in [0, 0.05) is 18.3 Å². The predicted molar refractivity (Wildman–Crippen MR) is 112 cm³/mol. The lowest BCUT2D eigenvalue weighted by molar-refractivity contribution is 0.102. The Morgan fingerprint density at radius 2 is 1.61 bits per heavy atom. The Balaban J connectivity index is 1.87. The summed E-state index contributed by atoms with van der Waals surface area (Å²) in [6, 6.07) is 20.6. The van der Waals surface area contributed by atoms with E-state index in [1.165, 1.54) is 11.4 Å². The van der Waals surface area contributed by atoms with Gasteiger partial charge in [0.25, 0.3) is 15.9 Å². The van der Waals surface area contributed by atoms with Crippen LogP contribution in [0, 0.1) is 13.8 Å². The van der Waals surface area contributed by atoms with Gasteiger partial charge >= 0.3 is 0 Å². The average molecular weight is 394 g/mol. The largest absolute Gasteiger partial charge is 0.322 e. The molecule has 0 aromatic heterocycles. The van der Waals surface area contributed by atoms with Crippen molar-refractivity contribution in [3.63, 3.8) is 0 Å². The molecule has 0 radical (unpaired) electrons. The molecular formula is C22H22N2O3S. The molecule has 3 aromatic carbocycles. The highest BCUT2D eigenvalue weighted by Crippen LogP contribution is 2.24. The van der Waals surface area contributed by atoms with E-state index in [-0.39, 0.29) is 10.8 Å². The quantitative estimate of drug-likeness (QED) is 0.698. The van der Waals surface area contributed by atoms with Crippen LogP contribution in [0.2, 0.25) is 0 Å². The highest BCUT2D eigenvalue weighted by molar-refractivity contribution is 7.92. The normalized spacial score (nSPS) is 11.1. The van der Waals surface area contributed by atoms with Crippen molar-refractivity contribution in [1.29, 1.82) is 0 Å². The summed E-state index contributed by atoms with van der Waals surface area (Å²) in [5, 5.41) is 2.90. The zero-order valence-electron chi connectivity index (χ0n) is 16.0. The highest BCUT2D eigenvalue weighted by atomic mass is 32.2. The zero-order chi connectivity index (χ0) is 20.3. The molecule has 0 aliphatic rings. The van der Waals surface area contributed by atoms with E-state index in [9.17, 15) is 13.2 Å². The van der Waals surface area contributed by atoms with Crippen LogP contribution in [-0.4, -0.2) is 21.4 Å². The molecule has 0 bridgehead atoms. The number of amides is 1. The second kappa shape index (κ2) is 7.86. The molecule has 6 heteroatoms. The summed E-state index contributed by atoms with van der Waals surface area (Å²) in [6.45, 7) is 3.88. The van der Waals surface area contributed by atoms with E-state index in [1.807, 2.05) is 32.0 Å². The summed E-state index contributed by atoms with van der Waals surface area (Å²) in [4.78, 5) is 12.9. The van der Waals surface area contributed by atoms with Crippen LogP contribution in [-0.2, 0) is 10.0 Å². The summed E-state index contributed by atoms with van der Waals surface area (Å²) in [7, 11) is -2.23. The molecule has 0 unspecified atom stereocenters. The molecule has 0 aliphatic heterocycles. The number of hydrogen-bond donors (Lipinski definition) is 1. The topological polar surface area (TPSA) is 66.5 Å². The first-order valence-corrected chi connectivity index (χ1v) is 10.3. The van der Waals surface area contributed by atoms with Gasteiger partial charge in [-0.3, -0.25) is 9.10 Å². The van der Waals surface area contributed by atoms with E-state index in [0.717, 1.165) is 16.8 Å². The smallest absolute Gasteiger partial charge is 0.264 e. The molecule has 0 saturated carbocycles. The predicted octanol–water partition coefficient (Wildman–Crippen LogP) is 4.38. The van der Waals surface area contributed by atoms with Gasteiger partial charge in [-0.15, -0.1) is 0 Å². The number of nitrogens with one attached hydrogen (secondary N) is 1. The third-order valence-electron chi connectivity index (χ3n) is 4.51. The van der Waals surface area contributed by atoms with Gasteiger partial charge in [0.15, 0.2) is 0 Å². The molecule has 0 heterocycles. The second-order valence-corrected chi connectivity index (χ2v) is 8.58. The molecule has 3 aromatic rings. The molecule has 3 rings (SSSR count). The first-order valence-electron chi connectivity index (χ1n) is 8.82. The number of sulfonamides is 1. The van der Waals surface area contributed by atoms with Gasteiger partial charge < -0.3 is 5.32 Å². The molecule has 0 spiro atoms. The Hall–Kier alpha value is -3.12. The number of rotatable bonds is 5. The Morgan fingerprint density at radius 1 is 0.893 bits per heavy atom. The molecule has 28 heavy (non-hydrogen) atoms. The molecule has 1 amide bonds. The summed E-state index contributed by atoms with van der Waals surface area (Å²) in [5.41, 5.74) is 3.54. The van der Waals surface area contributed by atoms with E-state index in [2.05, 4.69) is 5.32 Å². The van der Waals surface area contributed by atoms with Gasteiger partial charge in [0.2, 0.25) is 0 Å².